The first-order valence-corrected chi connectivity index (χ1v) is 7.74. The molecule has 5 nitrogen and oxygen atoms in total. The van der Waals surface area contributed by atoms with Crippen LogP contribution in [0.15, 0.2) is 25.8 Å². The summed E-state index contributed by atoms with van der Waals surface area (Å²) in [6.07, 6.45) is 6.66. The summed E-state index contributed by atoms with van der Waals surface area (Å²) in [5.41, 5.74) is 0. The van der Waals surface area contributed by atoms with Gasteiger partial charge in [-0.25, -0.2) is 0 Å². The Balaban J connectivity index is -0.0000000626. The lowest BCUT2D eigenvalue weighted by Crippen LogP contribution is -1.95. The summed E-state index contributed by atoms with van der Waals surface area (Å²) >= 11 is 0. The van der Waals surface area contributed by atoms with Crippen LogP contribution in [0.5, 0.6) is 0 Å². The van der Waals surface area contributed by atoms with Crippen molar-refractivity contribution in [3.05, 3.63) is 25.8 Å². The maximum Gasteiger partial charge on any atom is 0.0662 e. The fraction of sp³-hybridized carbons (Fsp3) is 0.765. The topological polar surface area (TPSA) is 90.2 Å². The summed E-state index contributed by atoms with van der Waals surface area (Å²) in [5, 5.41) is 30.5. The van der Waals surface area contributed by atoms with Crippen LogP contribution in [0.1, 0.15) is 46.5 Å². The molecule has 0 atom stereocenters. The highest BCUT2D eigenvalue weighted by molar-refractivity contribution is 4.51. The van der Waals surface area contributed by atoms with E-state index >= 15 is 0 Å². The van der Waals surface area contributed by atoms with E-state index in [0.29, 0.717) is 0 Å². The van der Waals surface area contributed by atoms with Crippen LogP contribution in [0, 0.1) is 0 Å². The van der Waals surface area contributed by atoms with E-state index in [0.717, 1.165) is 13.2 Å². The second-order valence-corrected chi connectivity index (χ2v) is 3.62. The Labute approximate surface area is 138 Å². The van der Waals surface area contributed by atoms with Gasteiger partial charge >= 0.3 is 0 Å². The number of aliphatic hydroxyl groups excluding tert-OH is 4. The maximum atomic E-state index is 7.62. The van der Waals surface area contributed by atoms with Gasteiger partial charge in [-0.3, -0.25) is 0 Å². The Morgan fingerprint density at radius 1 is 0.773 bits per heavy atom. The second-order valence-electron chi connectivity index (χ2n) is 3.62. The molecule has 0 spiro atoms. The smallest absolute Gasteiger partial charge is 0.0662 e. The van der Waals surface area contributed by atoms with Crippen LogP contribution >= 0.6 is 0 Å². The lowest BCUT2D eigenvalue weighted by molar-refractivity contribution is 0.128. The first-order valence-electron chi connectivity index (χ1n) is 7.74. The molecule has 4 N–H and O–H groups in total. The van der Waals surface area contributed by atoms with E-state index < -0.39 is 0 Å². The zero-order valence-corrected chi connectivity index (χ0v) is 15.0. The van der Waals surface area contributed by atoms with Gasteiger partial charge < -0.3 is 25.2 Å². The first-order chi connectivity index (χ1) is 10.7. The molecule has 0 unspecified atom stereocenters. The average Bonchev–Trinajstić information content (AvgIpc) is 2.58. The van der Waals surface area contributed by atoms with E-state index in [4.69, 9.17) is 25.2 Å². The van der Waals surface area contributed by atoms with E-state index in [1.165, 1.54) is 25.7 Å². The number of rotatable bonds is 8. The molecular weight excluding hydrogens is 284 g/mol. The van der Waals surface area contributed by atoms with Gasteiger partial charge in [-0.2, -0.15) is 0 Å². The number of aliphatic hydroxyl groups is 4. The van der Waals surface area contributed by atoms with Crippen molar-refractivity contribution in [3.8, 4) is 0 Å². The molecule has 0 radical (unpaired) electrons. The second kappa shape index (κ2) is 59.2. The number of unbranched alkanes of at least 4 members (excludes halogenated alkanes) is 2. The van der Waals surface area contributed by atoms with Crippen LogP contribution in [0.3, 0.4) is 0 Å². The summed E-state index contributed by atoms with van der Waals surface area (Å²) in [5.74, 6) is 0. The van der Waals surface area contributed by atoms with Crippen LogP contribution in [0.2, 0.25) is 0 Å². The predicted molar refractivity (Wildman–Crippen MR) is 96.1 cm³/mol. The van der Waals surface area contributed by atoms with Crippen LogP contribution in [-0.2, 0) is 4.74 Å². The van der Waals surface area contributed by atoms with Gasteiger partial charge in [-0.1, -0.05) is 32.8 Å². The highest BCUT2D eigenvalue weighted by atomic mass is 16.5. The molecule has 0 saturated heterocycles. The van der Waals surface area contributed by atoms with Crippen LogP contribution in [-0.4, -0.2) is 60.1 Å². The van der Waals surface area contributed by atoms with Crippen molar-refractivity contribution in [2.45, 2.75) is 46.5 Å². The Kier molecular flexibility index (Phi) is 88.9. The Morgan fingerprint density at radius 3 is 1.14 bits per heavy atom. The molecule has 0 aliphatic carbocycles. The molecule has 0 fully saturated rings. The third-order valence-corrected chi connectivity index (χ3v) is 1.48. The van der Waals surface area contributed by atoms with Gasteiger partial charge in [-0.15, -0.1) is 19.7 Å². The summed E-state index contributed by atoms with van der Waals surface area (Å²) in [4.78, 5) is 0. The van der Waals surface area contributed by atoms with Gasteiger partial charge in [0.2, 0.25) is 0 Å². The summed E-state index contributed by atoms with van der Waals surface area (Å²) in [6, 6.07) is 0. The van der Waals surface area contributed by atoms with Crippen molar-refractivity contribution in [1.82, 2.24) is 0 Å². The number of allylic oxidation sites excluding steroid dienone is 1. The number of ether oxygens (including phenoxy) is 1. The minimum atomic E-state index is -0.125. The standard InChI is InChI=1S/C8H18O.C3H6.2C2H6O2.C2H4/c1-3-5-7-9-8-6-4-2;1-3-2;2*3-1-2-4;1-2/h3-8H2,1-2H3;3H,1H2,2H3;2*3-4H,1-2H2;1-2H2. The van der Waals surface area contributed by atoms with E-state index in [9.17, 15) is 0 Å². The Hall–Kier alpha value is -0.720. The molecule has 22 heavy (non-hydrogen) atoms. The van der Waals surface area contributed by atoms with Crippen LogP contribution in [0.4, 0.5) is 0 Å². The molecule has 0 aromatic carbocycles. The maximum absolute atomic E-state index is 7.62. The van der Waals surface area contributed by atoms with Gasteiger partial charge in [0.15, 0.2) is 0 Å². The van der Waals surface area contributed by atoms with Crippen LogP contribution in [0.25, 0.3) is 0 Å². The van der Waals surface area contributed by atoms with E-state index in [1.54, 1.807) is 6.08 Å². The van der Waals surface area contributed by atoms with Gasteiger partial charge in [0.25, 0.3) is 0 Å². The third-order valence-electron chi connectivity index (χ3n) is 1.48. The lowest BCUT2D eigenvalue weighted by Gasteiger charge is -1.99. The van der Waals surface area contributed by atoms with Crippen molar-refractivity contribution < 1.29 is 25.2 Å². The zero-order chi connectivity index (χ0) is 18.5. The fourth-order valence-electron chi connectivity index (χ4n) is 0.595. The molecule has 0 bridgehead atoms. The molecule has 0 rings (SSSR count). The molecule has 0 amide bonds. The van der Waals surface area contributed by atoms with Crippen LogP contribution < -0.4 is 0 Å². The van der Waals surface area contributed by atoms with E-state index in [2.05, 4.69) is 33.6 Å². The summed E-state index contributed by atoms with van der Waals surface area (Å²) < 4.78 is 5.31. The predicted octanol–water partition coefficient (Wildman–Crippen LogP) is 2.54. The molecule has 0 heterocycles. The van der Waals surface area contributed by atoms with Crippen molar-refractivity contribution in [2.24, 2.45) is 0 Å². The largest absolute Gasteiger partial charge is 0.394 e. The minimum Gasteiger partial charge on any atom is -0.394 e. The number of hydrogen-bond donors (Lipinski definition) is 4. The summed E-state index contributed by atoms with van der Waals surface area (Å²) in [7, 11) is 0. The van der Waals surface area contributed by atoms with Crippen molar-refractivity contribution in [1.29, 1.82) is 0 Å². The Bertz CT molecular complexity index is 118. The molecule has 0 aliphatic rings. The normalized spacial score (nSPS) is 7.59. The SMILES string of the molecule is C=C.C=CC.CCCCOCCCC.OCCO.OCCO. The lowest BCUT2D eigenvalue weighted by atomic mass is 10.3. The highest BCUT2D eigenvalue weighted by Crippen LogP contribution is 1.91. The quantitative estimate of drug-likeness (QED) is 0.407. The molecular formula is C17H40O5. The molecule has 138 valence electrons. The first kappa shape index (κ1) is 33.0. The van der Waals surface area contributed by atoms with E-state index in [-0.39, 0.29) is 26.4 Å². The third kappa shape index (κ3) is 122. The Morgan fingerprint density at radius 2 is 1.00 bits per heavy atom. The molecule has 0 aliphatic heterocycles. The monoisotopic (exact) mass is 324 g/mol. The fourth-order valence-corrected chi connectivity index (χ4v) is 0.595. The summed E-state index contributed by atoms with van der Waals surface area (Å²) in [6.45, 7) is 17.0. The zero-order valence-electron chi connectivity index (χ0n) is 15.0. The average molecular weight is 325 g/mol. The number of hydrogen-bond acceptors (Lipinski definition) is 5. The molecule has 5 heteroatoms. The highest BCUT2D eigenvalue weighted by Gasteiger charge is 1.84. The van der Waals surface area contributed by atoms with Gasteiger partial charge in [0, 0.05) is 13.2 Å². The van der Waals surface area contributed by atoms with Gasteiger partial charge in [0.05, 0.1) is 26.4 Å². The van der Waals surface area contributed by atoms with E-state index in [1.807, 2.05) is 6.92 Å². The van der Waals surface area contributed by atoms with Gasteiger partial charge in [0.1, 0.15) is 0 Å². The molecule has 0 saturated carbocycles. The van der Waals surface area contributed by atoms with Crippen molar-refractivity contribution in [3.63, 3.8) is 0 Å². The van der Waals surface area contributed by atoms with Crippen molar-refractivity contribution in [2.75, 3.05) is 39.6 Å². The minimum absolute atomic E-state index is 0.125. The van der Waals surface area contributed by atoms with Crippen molar-refractivity contribution >= 4 is 0 Å². The molecule has 0 aromatic heterocycles. The molecule has 0 aromatic rings. The van der Waals surface area contributed by atoms with Gasteiger partial charge in [-0.05, 0) is 19.8 Å².